The molecule has 0 bridgehead atoms. The SMILES string of the molecule is CC(Cc1cccs1)C(=O)Nc1ncn(Cc2cccnc2)n1. The molecule has 0 saturated carbocycles. The van der Waals surface area contributed by atoms with Crippen molar-refractivity contribution in [1.29, 1.82) is 0 Å². The van der Waals surface area contributed by atoms with Crippen LogP contribution in [0, 0.1) is 5.92 Å². The Bertz CT molecular complexity index is 754. The number of nitrogens with zero attached hydrogens (tertiary/aromatic N) is 4. The first-order valence-corrected chi connectivity index (χ1v) is 8.20. The van der Waals surface area contributed by atoms with Crippen LogP contribution < -0.4 is 5.32 Å². The van der Waals surface area contributed by atoms with Gasteiger partial charge < -0.3 is 0 Å². The maximum Gasteiger partial charge on any atom is 0.248 e. The van der Waals surface area contributed by atoms with E-state index in [0.29, 0.717) is 12.5 Å². The largest absolute Gasteiger partial charge is 0.293 e. The summed E-state index contributed by atoms with van der Waals surface area (Å²) < 4.78 is 1.68. The van der Waals surface area contributed by atoms with Crippen LogP contribution >= 0.6 is 11.3 Å². The van der Waals surface area contributed by atoms with E-state index in [0.717, 1.165) is 12.0 Å². The highest BCUT2D eigenvalue weighted by Crippen LogP contribution is 2.15. The van der Waals surface area contributed by atoms with Crippen molar-refractivity contribution < 1.29 is 4.79 Å². The van der Waals surface area contributed by atoms with Crippen LogP contribution in [0.4, 0.5) is 5.95 Å². The first kappa shape index (κ1) is 15.4. The van der Waals surface area contributed by atoms with Crippen molar-refractivity contribution in [3.63, 3.8) is 0 Å². The highest BCUT2D eigenvalue weighted by molar-refractivity contribution is 7.09. The Kier molecular flexibility index (Phi) is 4.77. The molecule has 118 valence electrons. The van der Waals surface area contributed by atoms with Gasteiger partial charge in [-0.15, -0.1) is 16.4 Å². The summed E-state index contributed by atoms with van der Waals surface area (Å²) in [6, 6.07) is 7.87. The first-order chi connectivity index (χ1) is 11.2. The molecule has 6 nitrogen and oxygen atoms in total. The molecule has 0 aliphatic heterocycles. The van der Waals surface area contributed by atoms with Gasteiger partial charge in [0.25, 0.3) is 0 Å². The number of pyridine rings is 1. The van der Waals surface area contributed by atoms with Gasteiger partial charge in [-0.25, -0.2) is 9.67 Å². The van der Waals surface area contributed by atoms with Gasteiger partial charge in [0.1, 0.15) is 6.33 Å². The Morgan fingerprint density at radius 1 is 1.39 bits per heavy atom. The number of carbonyl (C=O) groups is 1. The van der Waals surface area contributed by atoms with Gasteiger partial charge in [-0.3, -0.25) is 15.1 Å². The molecule has 1 unspecified atom stereocenters. The summed E-state index contributed by atoms with van der Waals surface area (Å²) >= 11 is 1.66. The van der Waals surface area contributed by atoms with E-state index in [1.165, 1.54) is 4.88 Å². The van der Waals surface area contributed by atoms with Crippen molar-refractivity contribution in [1.82, 2.24) is 19.7 Å². The fraction of sp³-hybridized carbons (Fsp3) is 0.250. The Balaban J connectivity index is 1.57. The maximum absolute atomic E-state index is 12.2. The van der Waals surface area contributed by atoms with E-state index in [1.807, 2.05) is 36.6 Å². The number of aromatic nitrogens is 4. The van der Waals surface area contributed by atoms with Crippen molar-refractivity contribution in [3.8, 4) is 0 Å². The van der Waals surface area contributed by atoms with Crippen LogP contribution in [0.1, 0.15) is 17.4 Å². The molecular formula is C16H17N5OS. The molecule has 3 heterocycles. The summed E-state index contributed by atoms with van der Waals surface area (Å²) in [7, 11) is 0. The molecule has 1 N–H and O–H groups in total. The van der Waals surface area contributed by atoms with E-state index in [4.69, 9.17) is 0 Å². The summed E-state index contributed by atoms with van der Waals surface area (Å²) in [4.78, 5) is 21.6. The Labute approximate surface area is 138 Å². The lowest BCUT2D eigenvalue weighted by Crippen LogP contribution is -2.22. The zero-order valence-electron chi connectivity index (χ0n) is 12.7. The standard InChI is InChI=1S/C16H17N5OS/c1-12(8-14-5-3-7-23-14)15(22)19-16-18-11-21(20-16)10-13-4-2-6-17-9-13/h2-7,9,11-12H,8,10H2,1H3,(H,19,20,22). The van der Waals surface area contributed by atoms with Gasteiger partial charge in [0.2, 0.25) is 11.9 Å². The van der Waals surface area contributed by atoms with Crippen molar-refractivity contribution in [2.75, 3.05) is 5.32 Å². The van der Waals surface area contributed by atoms with E-state index in [1.54, 1.807) is 34.7 Å². The molecule has 1 atom stereocenters. The van der Waals surface area contributed by atoms with Crippen LogP contribution in [0.15, 0.2) is 48.4 Å². The van der Waals surface area contributed by atoms with Crippen LogP contribution in [0.3, 0.4) is 0 Å². The van der Waals surface area contributed by atoms with Crippen LogP contribution in [-0.4, -0.2) is 25.7 Å². The molecule has 0 spiro atoms. The number of rotatable bonds is 6. The smallest absolute Gasteiger partial charge is 0.248 e. The normalized spacial score (nSPS) is 12.0. The lowest BCUT2D eigenvalue weighted by atomic mass is 10.1. The van der Waals surface area contributed by atoms with Gasteiger partial charge in [-0.1, -0.05) is 19.1 Å². The molecule has 0 aliphatic carbocycles. The molecule has 0 saturated heterocycles. The van der Waals surface area contributed by atoms with Crippen molar-refractivity contribution in [2.24, 2.45) is 5.92 Å². The molecule has 3 aromatic rings. The van der Waals surface area contributed by atoms with Gasteiger partial charge in [0.05, 0.1) is 6.54 Å². The minimum atomic E-state index is -0.126. The average Bonchev–Trinajstić information content (AvgIpc) is 3.20. The summed E-state index contributed by atoms with van der Waals surface area (Å²) in [5.74, 6) is 0.133. The highest BCUT2D eigenvalue weighted by atomic mass is 32.1. The zero-order chi connectivity index (χ0) is 16.1. The fourth-order valence-corrected chi connectivity index (χ4v) is 3.00. The molecule has 0 aromatic carbocycles. The average molecular weight is 327 g/mol. The predicted octanol–water partition coefficient (Wildman–Crippen LogP) is 2.60. The van der Waals surface area contributed by atoms with E-state index in [9.17, 15) is 4.79 Å². The van der Waals surface area contributed by atoms with Crippen molar-refractivity contribution in [2.45, 2.75) is 19.9 Å². The molecular weight excluding hydrogens is 310 g/mol. The fourth-order valence-electron chi connectivity index (χ4n) is 2.16. The van der Waals surface area contributed by atoms with Crippen LogP contribution in [0.2, 0.25) is 0 Å². The van der Waals surface area contributed by atoms with Crippen LogP contribution in [0.25, 0.3) is 0 Å². The second-order valence-electron chi connectivity index (χ2n) is 5.30. The zero-order valence-corrected chi connectivity index (χ0v) is 13.5. The predicted molar refractivity (Wildman–Crippen MR) is 89.2 cm³/mol. The van der Waals surface area contributed by atoms with E-state index < -0.39 is 0 Å². The summed E-state index contributed by atoms with van der Waals surface area (Å²) in [5, 5.41) is 9.06. The monoisotopic (exact) mass is 327 g/mol. The lowest BCUT2D eigenvalue weighted by molar-refractivity contribution is -0.119. The summed E-state index contributed by atoms with van der Waals surface area (Å²) in [6.07, 6.45) is 5.83. The number of thiophene rings is 1. The van der Waals surface area contributed by atoms with Gasteiger partial charge in [0.15, 0.2) is 0 Å². The number of hydrogen-bond acceptors (Lipinski definition) is 5. The van der Waals surface area contributed by atoms with Gasteiger partial charge in [0, 0.05) is 23.2 Å². The Hall–Kier alpha value is -2.54. The number of nitrogens with one attached hydrogen (secondary N) is 1. The van der Waals surface area contributed by atoms with Crippen LogP contribution in [-0.2, 0) is 17.8 Å². The molecule has 7 heteroatoms. The Morgan fingerprint density at radius 3 is 3.04 bits per heavy atom. The third-order valence-electron chi connectivity index (χ3n) is 3.37. The summed E-state index contributed by atoms with van der Waals surface area (Å²) in [5.41, 5.74) is 1.03. The van der Waals surface area contributed by atoms with E-state index in [-0.39, 0.29) is 11.8 Å². The molecule has 1 amide bonds. The lowest BCUT2D eigenvalue weighted by Gasteiger charge is -2.08. The van der Waals surface area contributed by atoms with Gasteiger partial charge >= 0.3 is 0 Å². The molecule has 3 aromatic heterocycles. The van der Waals surface area contributed by atoms with Crippen molar-refractivity contribution in [3.05, 3.63) is 58.8 Å². The first-order valence-electron chi connectivity index (χ1n) is 7.32. The molecule has 0 aliphatic rings. The molecule has 0 radical (unpaired) electrons. The number of carbonyl (C=O) groups excluding carboxylic acids is 1. The van der Waals surface area contributed by atoms with Gasteiger partial charge in [-0.05, 0) is 29.5 Å². The second-order valence-corrected chi connectivity index (χ2v) is 6.33. The quantitative estimate of drug-likeness (QED) is 0.755. The minimum Gasteiger partial charge on any atom is -0.293 e. The number of amides is 1. The second kappa shape index (κ2) is 7.15. The van der Waals surface area contributed by atoms with E-state index in [2.05, 4.69) is 20.4 Å². The Morgan fingerprint density at radius 2 is 2.30 bits per heavy atom. The minimum absolute atomic E-state index is 0.0717. The molecule has 0 fully saturated rings. The number of hydrogen-bond donors (Lipinski definition) is 1. The van der Waals surface area contributed by atoms with Crippen molar-refractivity contribution >= 4 is 23.2 Å². The van der Waals surface area contributed by atoms with Gasteiger partial charge in [-0.2, -0.15) is 0 Å². The highest BCUT2D eigenvalue weighted by Gasteiger charge is 2.16. The molecule has 23 heavy (non-hydrogen) atoms. The maximum atomic E-state index is 12.2. The topological polar surface area (TPSA) is 72.7 Å². The number of anilines is 1. The third-order valence-corrected chi connectivity index (χ3v) is 4.27. The van der Waals surface area contributed by atoms with Crippen LogP contribution in [0.5, 0.6) is 0 Å². The van der Waals surface area contributed by atoms with E-state index >= 15 is 0 Å². The molecule has 3 rings (SSSR count). The summed E-state index contributed by atoms with van der Waals surface area (Å²) in [6.45, 7) is 2.48. The third kappa shape index (κ3) is 4.23.